The number of benzene rings is 1. The van der Waals surface area contributed by atoms with Gasteiger partial charge in [0, 0.05) is 11.6 Å². The molecule has 3 rings (SSSR count). The van der Waals surface area contributed by atoms with Crippen molar-refractivity contribution in [2.24, 2.45) is 0 Å². The molecule has 0 bridgehead atoms. The molecule has 2 aliphatic rings. The summed E-state index contributed by atoms with van der Waals surface area (Å²) in [6.07, 6.45) is 8.25. The van der Waals surface area contributed by atoms with Crippen molar-refractivity contribution in [1.29, 1.82) is 0 Å². The third-order valence-electron chi connectivity index (χ3n) is 3.99. The first-order chi connectivity index (χ1) is 8.43. The maximum atomic E-state index is 5.72. The van der Waals surface area contributed by atoms with E-state index in [9.17, 15) is 0 Å². The molecular weight excluding hydrogens is 210 g/mol. The van der Waals surface area contributed by atoms with E-state index in [1.165, 1.54) is 44.1 Å². The SMILES string of the molecule is c1ccc2c(c1)OCC2NC1CCCCCC1. The van der Waals surface area contributed by atoms with Crippen LogP contribution in [0.3, 0.4) is 0 Å². The minimum Gasteiger partial charge on any atom is -0.491 e. The molecule has 1 N–H and O–H groups in total. The van der Waals surface area contributed by atoms with Crippen molar-refractivity contribution < 1.29 is 4.74 Å². The van der Waals surface area contributed by atoms with E-state index in [2.05, 4.69) is 23.5 Å². The summed E-state index contributed by atoms with van der Waals surface area (Å²) in [6.45, 7) is 0.801. The summed E-state index contributed by atoms with van der Waals surface area (Å²) in [5.41, 5.74) is 1.34. The Balaban J connectivity index is 1.66. The van der Waals surface area contributed by atoms with Gasteiger partial charge in [-0.2, -0.15) is 0 Å². The molecule has 0 spiro atoms. The molecule has 0 amide bonds. The Labute approximate surface area is 103 Å². The van der Waals surface area contributed by atoms with E-state index in [0.717, 1.165) is 12.4 Å². The zero-order chi connectivity index (χ0) is 11.5. The van der Waals surface area contributed by atoms with Gasteiger partial charge in [0.2, 0.25) is 0 Å². The maximum Gasteiger partial charge on any atom is 0.124 e. The van der Waals surface area contributed by atoms with Gasteiger partial charge < -0.3 is 10.1 Å². The summed E-state index contributed by atoms with van der Waals surface area (Å²) in [6, 6.07) is 9.52. The fourth-order valence-electron chi connectivity index (χ4n) is 3.03. The molecule has 0 radical (unpaired) electrons. The molecule has 1 fully saturated rings. The lowest BCUT2D eigenvalue weighted by Gasteiger charge is -2.20. The average Bonchev–Trinajstić information content (AvgIpc) is 2.59. The number of fused-ring (bicyclic) bond motifs is 1. The Bertz CT molecular complexity index is 369. The molecule has 1 aliphatic carbocycles. The van der Waals surface area contributed by atoms with Crippen molar-refractivity contribution in [3.05, 3.63) is 29.8 Å². The largest absolute Gasteiger partial charge is 0.491 e. The number of rotatable bonds is 2. The van der Waals surface area contributed by atoms with Crippen LogP contribution >= 0.6 is 0 Å². The normalized spacial score (nSPS) is 25.1. The predicted octanol–water partition coefficient (Wildman–Crippen LogP) is 3.43. The summed E-state index contributed by atoms with van der Waals surface area (Å²) < 4.78 is 5.72. The molecule has 0 saturated heterocycles. The number of hydrogen-bond acceptors (Lipinski definition) is 2. The molecule has 0 aromatic heterocycles. The summed E-state index contributed by atoms with van der Waals surface area (Å²) in [4.78, 5) is 0. The quantitative estimate of drug-likeness (QED) is 0.787. The van der Waals surface area contributed by atoms with Crippen molar-refractivity contribution in [2.45, 2.75) is 50.6 Å². The molecule has 1 heterocycles. The second-order valence-electron chi connectivity index (χ2n) is 5.26. The fourth-order valence-corrected chi connectivity index (χ4v) is 3.03. The average molecular weight is 231 g/mol. The monoisotopic (exact) mass is 231 g/mol. The van der Waals surface area contributed by atoms with Crippen molar-refractivity contribution in [3.63, 3.8) is 0 Å². The first-order valence-electron chi connectivity index (χ1n) is 6.91. The topological polar surface area (TPSA) is 21.3 Å². The Morgan fingerprint density at radius 1 is 1.00 bits per heavy atom. The van der Waals surface area contributed by atoms with Crippen LogP contribution in [0.2, 0.25) is 0 Å². The van der Waals surface area contributed by atoms with E-state index in [1.807, 2.05) is 6.07 Å². The van der Waals surface area contributed by atoms with Crippen LogP contribution in [0.4, 0.5) is 0 Å². The fraction of sp³-hybridized carbons (Fsp3) is 0.600. The molecule has 1 atom stereocenters. The van der Waals surface area contributed by atoms with Crippen molar-refractivity contribution in [1.82, 2.24) is 5.32 Å². The van der Waals surface area contributed by atoms with Crippen molar-refractivity contribution in [3.8, 4) is 5.75 Å². The van der Waals surface area contributed by atoms with Crippen LogP contribution in [0.15, 0.2) is 24.3 Å². The van der Waals surface area contributed by atoms with Crippen LogP contribution < -0.4 is 10.1 Å². The molecular formula is C15H21NO. The van der Waals surface area contributed by atoms with Gasteiger partial charge in [-0.25, -0.2) is 0 Å². The molecule has 1 aromatic rings. The summed E-state index contributed by atoms with van der Waals surface area (Å²) in [7, 11) is 0. The Kier molecular flexibility index (Phi) is 3.32. The third kappa shape index (κ3) is 2.47. The lowest BCUT2D eigenvalue weighted by atomic mass is 10.0. The molecule has 1 saturated carbocycles. The Hall–Kier alpha value is -1.02. The summed E-state index contributed by atoms with van der Waals surface area (Å²) in [5.74, 6) is 1.07. The van der Waals surface area contributed by atoms with E-state index in [4.69, 9.17) is 4.74 Å². The predicted molar refractivity (Wildman–Crippen MR) is 69.3 cm³/mol. The second kappa shape index (κ2) is 5.09. The van der Waals surface area contributed by atoms with Crippen LogP contribution in [0.25, 0.3) is 0 Å². The maximum absolute atomic E-state index is 5.72. The molecule has 1 aliphatic heterocycles. The van der Waals surface area contributed by atoms with E-state index < -0.39 is 0 Å². The second-order valence-corrected chi connectivity index (χ2v) is 5.26. The number of para-hydroxylation sites is 1. The summed E-state index contributed by atoms with van der Waals surface area (Å²) >= 11 is 0. The lowest BCUT2D eigenvalue weighted by Crippen LogP contribution is -2.33. The third-order valence-corrected chi connectivity index (χ3v) is 3.99. The first-order valence-corrected chi connectivity index (χ1v) is 6.91. The number of hydrogen-bond donors (Lipinski definition) is 1. The molecule has 92 valence electrons. The van der Waals surface area contributed by atoms with E-state index in [0.29, 0.717) is 12.1 Å². The molecule has 1 unspecified atom stereocenters. The standard InChI is InChI=1S/C15H21NO/c1-2-4-8-12(7-3-1)16-14-11-17-15-10-6-5-9-13(14)15/h5-6,9-10,12,14,16H,1-4,7-8,11H2. The Morgan fingerprint density at radius 2 is 1.76 bits per heavy atom. The van der Waals surface area contributed by atoms with Gasteiger partial charge in [0.1, 0.15) is 12.4 Å². The molecule has 2 nitrogen and oxygen atoms in total. The summed E-state index contributed by atoms with van der Waals surface area (Å²) in [5, 5.41) is 3.79. The highest BCUT2D eigenvalue weighted by Crippen LogP contribution is 2.32. The van der Waals surface area contributed by atoms with Gasteiger partial charge >= 0.3 is 0 Å². The van der Waals surface area contributed by atoms with Gasteiger partial charge in [0.25, 0.3) is 0 Å². The minimum atomic E-state index is 0.411. The number of nitrogens with one attached hydrogen (secondary N) is 1. The lowest BCUT2D eigenvalue weighted by molar-refractivity contribution is 0.290. The van der Waals surface area contributed by atoms with Crippen LogP contribution in [-0.2, 0) is 0 Å². The molecule has 2 heteroatoms. The highest BCUT2D eigenvalue weighted by atomic mass is 16.5. The van der Waals surface area contributed by atoms with Crippen molar-refractivity contribution >= 4 is 0 Å². The van der Waals surface area contributed by atoms with E-state index in [-0.39, 0.29) is 0 Å². The van der Waals surface area contributed by atoms with Gasteiger partial charge in [0.05, 0.1) is 6.04 Å². The highest BCUT2D eigenvalue weighted by molar-refractivity contribution is 5.39. The van der Waals surface area contributed by atoms with Crippen LogP contribution in [0.1, 0.15) is 50.1 Å². The Morgan fingerprint density at radius 3 is 2.59 bits per heavy atom. The zero-order valence-corrected chi connectivity index (χ0v) is 10.3. The van der Waals surface area contributed by atoms with Crippen LogP contribution in [0.5, 0.6) is 5.75 Å². The highest BCUT2D eigenvalue weighted by Gasteiger charge is 2.25. The van der Waals surface area contributed by atoms with Crippen LogP contribution in [-0.4, -0.2) is 12.6 Å². The van der Waals surface area contributed by atoms with Crippen molar-refractivity contribution in [2.75, 3.05) is 6.61 Å². The van der Waals surface area contributed by atoms with Crippen LogP contribution in [0, 0.1) is 0 Å². The van der Waals surface area contributed by atoms with Gasteiger partial charge in [-0.1, -0.05) is 43.9 Å². The van der Waals surface area contributed by atoms with Gasteiger partial charge in [0.15, 0.2) is 0 Å². The first kappa shape index (κ1) is 11.1. The minimum absolute atomic E-state index is 0.411. The molecule has 17 heavy (non-hydrogen) atoms. The van der Waals surface area contributed by atoms with Gasteiger partial charge in [-0.05, 0) is 18.9 Å². The van der Waals surface area contributed by atoms with E-state index >= 15 is 0 Å². The molecule has 1 aromatic carbocycles. The van der Waals surface area contributed by atoms with Gasteiger partial charge in [-0.15, -0.1) is 0 Å². The van der Waals surface area contributed by atoms with E-state index in [1.54, 1.807) is 0 Å². The smallest absolute Gasteiger partial charge is 0.124 e. The van der Waals surface area contributed by atoms with Gasteiger partial charge in [-0.3, -0.25) is 0 Å². The number of ether oxygens (including phenoxy) is 1. The zero-order valence-electron chi connectivity index (χ0n) is 10.3.